The molecular weight excluding hydrogens is 273 g/mol. The molecule has 1 aromatic rings. The minimum atomic E-state index is -4.74. The number of benzene rings is 1. The molecule has 20 heavy (non-hydrogen) atoms. The molecule has 0 bridgehead atoms. The van der Waals surface area contributed by atoms with Crippen molar-refractivity contribution in [1.82, 2.24) is 0 Å². The number of alkyl halides is 3. The van der Waals surface area contributed by atoms with Gasteiger partial charge >= 0.3 is 6.36 Å². The second kappa shape index (κ2) is 7.50. The van der Waals surface area contributed by atoms with Crippen LogP contribution in [0, 0.1) is 0 Å². The van der Waals surface area contributed by atoms with Gasteiger partial charge in [-0.3, -0.25) is 0 Å². The number of halogens is 3. The van der Waals surface area contributed by atoms with Gasteiger partial charge in [-0.25, -0.2) is 0 Å². The molecule has 0 radical (unpaired) electrons. The van der Waals surface area contributed by atoms with E-state index >= 15 is 0 Å². The zero-order valence-electron chi connectivity index (χ0n) is 11.5. The Morgan fingerprint density at radius 1 is 1.25 bits per heavy atom. The predicted octanol–water partition coefficient (Wildman–Crippen LogP) is 3.82. The molecule has 0 saturated carbocycles. The van der Waals surface area contributed by atoms with Crippen molar-refractivity contribution in [2.24, 2.45) is 0 Å². The van der Waals surface area contributed by atoms with E-state index in [2.05, 4.69) is 4.74 Å². The Morgan fingerprint density at radius 2 is 1.95 bits per heavy atom. The predicted molar refractivity (Wildman–Crippen MR) is 68.4 cm³/mol. The van der Waals surface area contributed by atoms with E-state index in [1.54, 1.807) is 13.0 Å². The number of hydrogen-bond acceptors (Lipinski definition) is 3. The van der Waals surface area contributed by atoms with Crippen LogP contribution in [0.4, 0.5) is 13.2 Å². The van der Waals surface area contributed by atoms with E-state index < -0.39 is 18.6 Å². The quantitative estimate of drug-likeness (QED) is 0.830. The molecule has 0 spiro atoms. The third kappa shape index (κ3) is 5.38. The molecular formula is C14H19F3O3. The van der Waals surface area contributed by atoms with Crippen LogP contribution in [-0.2, 0) is 4.74 Å². The van der Waals surface area contributed by atoms with E-state index in [0.717, 1.165) is 6.42 Å². The van der Waals surface area contributed by atoms with Gasteiger partial charge in [-0.2, -0.15) is 0 Å². The van der Waals surface area contributed by atoms with Crippen molar-refractivity contribution in [2.75, 3.05) is 6.61 Å². The van der Waals surface area contributed by atoms with Crippen LogP contribution in [0.25, 0.3) is 0 Å². The zero-order valence-corrected chi connectivity index (χ0v) is 11.5. The maximum absolute atomic E-state index is 12.2. The fraction of sp³-hybridized carbons (Fsp3) is 0.571. The van der Waals surface area contributed by atoms with Gasteiger partial charge in [-0.05, 0) is 31.0 Å². The summed E-state index contributed by atoms with van der Waals surface area (Å²) in [7, 11) is 0. The van der Waals surface area contributed by atoms with Crippen LogP contribution in [0.1, 0.15) is 38.4 Å². The fourth-order valence-electron chi connectivity index (χ4n) is 1.94. The first-order valence-electron chi connectivity index (χ1n) is 6.52. The molecule has 0 aliphatic rings. The maximum atomic E-state index is 12.2. The van der Waals surface area contributed by atoms with E-state index in [1.165, 1.54) is 18.2 Å². The lowest BCUT2D eigenvalue weighted by Gasteiger charge is -2.23. The first-order chi connectivity index (χ1) is 9.37. The second-order valence-corrected chi connectivity index (χ2v) is 4.35. The molecule has 0 aromatic heterocycles. The number of rotatable bonds is 7. The summed E-state index contributed by atoms with van der Waals surface area (Å²) in [5.41, 5.74) is 0.346. The number of aliphatic hydroxyl groups excluding tert-OH is 1. The van der Waals surface area contributed by atoms with E-state index in [4.69, 9.17) is 4.74 Å². The molecule has 0 amide bonds. The van der Waals surface area contributed by atoms with Crippen LogP contribution in [-0.4, -0.2) is 24.2 Å². The van der Waals surface area contributed by atoms with Gasteiger partial charge in [0.25, 0.3) is 0 Å². The van der Waals surface area contributed by atoms with Crippen LogP contribution in [0.15, 0.2) is 24.3 Å². The molecule has 2 atom stereocenters. The molecule has 1 aromatic carbocycles. The summed E-state index contributed by atoms with van der Waals surface area (Å²) in [6.07, 6.45) is -4.73. The third-order valence-electron chi connectivity index (χ3n) is 2.74. The average molecular weight is 292 g/mol. The van der Waals surface area contributed by atoms with Gasteiger partial charge in [0, 0.05) is 6.61 Å². The molecule has 114 valence electrons. The molecule has 0 heterocycles. The Balaban J connectivity index is 2.86. The van der Waals surface area contributed by atoms with E-state index in [1.807, 2.05) is 6.92 Å². The van der Waals surface area contributed by atoms with Crippen LogP contribution in [0.2, 0.25) is 0 Å². The summed E-state index contributed by atoms with van der Waals surface area (Å²) in [6, 6.07) is 5.34. The Morgan fingerprint density at radius 3 is 2.50 bits per heavy atom. The van der Waals surface area contributed by atoms with E-state index in [9.17, 15) is 18.3 Å². The lowest BCUT2D eigenvalue weighted by Crippen LogP contribution is -2.22. The highest BCUT2D eigenvalue weighted by molar-refractivity contribution is 5.30. The van der Waals surface area contributed by atoms with Crippen LogP contribution in [0.5, 0.6) is 5.75 Å². The summed E-state index contributed by atoms with van der Waals surface area (Å²) in [4.78, 5) is 0. The van der Waals surface area contributed by atoms with Crippen molar-refractivity contribution in [2.45, 2.75) is 45.3 Å². The Kier molecular flexibility index (Phi) is 6.29. The van der Waals surface area contributed by atoms with Crippen LogP contribution < -0.4 is 4.74 Å². The molecule has 1 rings (SSSR count). The van der Waals surface area contributed by atoms with Crippen molar-refractivity contribution in [3.05, 3.63) is 29.8 Å². The van der Waals surface area contributed by atoms with Gasteiger partial charge in [0.15, 0.2) is 0 Å². The van der Waals surface area contributed by atoms with Crippen LogP contribution in [0.3, 0.4) is 0 Å². The summed E-state index contributed by atoms with van der Waals surface area (Å²) in [5, 5.41) is 10.2. The highest BCUT2D eigenvalue weighted by atomic mass is 19.4. The van der Waals surface area contributed by atoms with Crippen molar-refractivity contribution < 1.29 is 27.8 Å². The molecule has 0 fully saturated rings. The molecule has 0 aliphatic carbocycles. The van der Waals surface area contributed by atoms with Gasteiger partial charge in [0.1, 0.15) is 11.9 Å². The van der Waals surface area contributed by atoms with Gasteiger partial charge in [0.05, 0.1) is 6.10 Å². The number of hydrogen-bond donors (Lipinski definition) is 1. The summed E-state index contributed by atoms with van der Waals surface area (Å²) < 4.78 is 45.8. The maximum Gasteiger partial charge on any atom is 0.573 e. The third-order valence-corrected chi connectivity index (χ3v) is 2.74. The summed E-state index contributed by atoms with van der Waals surface area (Å²) in [5.74, 6) is -0.346. The molecule has 2 unspecified atom stereocenters. The van der Waals surface area contributed by atoms with Gasteiger partial charge in [-0.1, -0.05) is 25.5 Å². The topological polar surface area (TPSA) is 38.7 Å². The van der Waals surface area contributed by atoms with Crippen molar-refractivity contribution >= 4 is 0 Å². The number of ether oxygens (including phenoxy) is 2. The second-order valence-electron chi connectivity index (χ2n) is 4.35. The molecule has 0 saturated heterocycles. The SMILES string of the molecule is CCCC(OCC)C(O)c1cccc(OC(F)(F)F)c1. The first-order valence-corrected chi connectivity index (χ1v) is 6.52. The fourth-order valence-corrected chi connectivity index (χ4v) is 1.94. The largest absolute Gasteiger partial charge is 0.573 e. The average Bonchev–Trinajstić information content (AvgIpc) is 2.36. The lowest BCUT2D eigenvalue weighted by molar-refractivity contribution is -0.274. The van der Waals surface area contributed by atoms with Crippen molar-refractivity contribution in [3.63, 3.8) is 0 Å². The minimum Gasteiger partial charge on any atom is -0.406 e. The van der Waals surface area contributed by atoms with Gasteiger partial charge < -0.3 is 14.6 Å². The smallest absolute Gasteiger partial charge is 0.406 e. The molecule has 6 heteroatoms. The van der Waals surface area contributed by atoms with Crippen molar-refractivity contribution in [1.29, 1.82) is 0 Å². The summed E-state index contributed by atoms with van der Waals surface area (Å²) >= 11 is 0. The normalized spacial score (nSPS) is 14.9. The number of aliphatic hydroxyl groups is 1. The Labute approximate surface area is 116 Å². The standard InChI is InChI=1S/C14H19F3O3/c1-3-6-12(19-4-2)13(18)10-7-5-8-11(9-10)20-14(15,16)17/h5,7-9,12-13,18H,3-4,6H2,1-2H3. The van der Waals surface area contributed by atoms with E-state index in [0.29, 0.717) is 18.6 Å². The molecule has 1 N–H and O–H groups in total. The molecule has 3 nitrogen and oxygen atoms in total. The van der Waals surface area contributed by atoms with Gasteiger partial charge in [-0.15, -0.1) is 13.2 Å². The van der Waals surface area contributed by atoms with Crippen LogP contribution >= 0.6 is 0 Å². The molecule has 0 aliphatic heterocycles. The first kappa shape index (κ1) is 16.8. The lowest BCUT2D eigenvalue weighted by atomic mass is 10.0. The summed E-state index contributed by atoms with van der Waals surface area (Å²) in [6.45, 7) is 4.18. The highest BCUT2D eigenvalue weighted by Gasteiger charge is 2.31. The Hall–Kier alpha value is -1.27. The van der Waals surface area contributed by atoms with Gasteiger partial charge in [0.2, 0.25) is 0 Å². The van der Waals surface area contributed by atoms with E-state index in [-0.39, 0.29) is 5.75 Å². The van der Waals surface area contributed by atoms with Crippen molar-refractivity contribution in [3.8, 4) is 5.75 Å². The Bertz CT molecular complexity index is 401. The zero-order chi connectivity index (χ0) is 15.2. The monoisotopic (exact) mass is 292 g/mol. The highest BCUT2D eigenvalue weighted by Crippen LogP contribution is 2.28. The minimum absolute atomic E-state index is 0.346.